The second-order valence-electron chi connectivity index (χ2n) is 8.49. The highest BCUT2D eigenvalue weighted by Crippen LogP contribution is 2.32. The fourth-order valence-corrected chi connectivity index (χ4v) is 4.52. The third kappa shape index (κ3) is 4.20. The summed E-state index contributed by atoms with van der Waals surface area (Å²) in [7, 11) is 4.29. The van der Waals surface area contributed by atoms with Gasteiger partial charge in [-0.2, -0.15) is 0 Å². The van der Waals surface area contributed by atoms with Crippen molar-refractivity contribution in [1.82, 2.24) is 4.90 Å². The average molecular weight is 397 g/mol. The maximum Gasteiger partial charge on any atom is 0.0369 e. The van der Waals surface area contributed by atoms with Crippen LogP contribution in [-0.2, 0) is 6.42 Å². The first-order valence-corrected chi connectivity index (χ1v) is 11.0. The maximum atomic E-state index is 4.17. The Kier molecular flexibility index (Phi) is 6.06. The van der Waals surface area contributed by atoms with Crippen LogP contribution >= 0.6 is 0 Å². The molecule has 0 amide bonds. The molecule has 0 saturated heterocycles. The molecule has 3 aromatic carbocycles. The van der Waals surface area contributed by atoms with Crippen LogP contribution in [0.2, 0.25) is 0 Å². The molecular weight excluding hydrogens is 364 g/mol. The molecule has 2 nitrogen and oxygen atoms in total. The highest BCUT2D eigenvalue weighted by molar-refractivity contribution is 5.84. The minimum Gasteiger partial charge on any atom is -0.372 e. The van der Waals surface area contributed by atoms with Gasteiger partial charge in [-0.15, -0.1) is 0 Å². The summed E-state index contributed by atoms with van der Waals surface area (Å²) in [6, 6.07) is 24.5. The Bertz CT molecular complexity index is 1130. The van der Waals surface area contributed by atoms with E-state index in [0.29, 0.717) is 0 Å². The van der Waals surface area contributed by atoms with Crippen molar-refractivity contribution in [2.24, 2.45) is 0 Å². The SMILES string of the molecule is C=c1ccc2c(c1)Cc1cc(N(CC)CCCN(C)C)ccc1C=2c1ccccc1. The van der Waals surface area contributed by atoms with Crippen molar-refractivity contribution in [3.8, 4) is 0 Å². The van der Waals surface area contributed by atoms with E-state index in [9.17, 15) is 0 Å². The minimum atomic E-state index is 0.966. The number of hydrogen-bond donors (Lipinski definition) is 0. The zero-order chi connectivity index (χ0) is 21.1. The van der Waals surface area contributed by atoms with Crippen molar-refractivity contribution >= 4 is 17.8 Å². The lowest BCUT2D eigenvalue weighted by atomic mass is 9.83. The number of hydrogen-bond acceptors (Lipinski definition) is 2. The second kappa shape index (κ2) is 8.89. The van der Waals surface area contributed by atoms with Crippen LogP contribution in [0.1, 0.15) is 35.6 Å². The molecule has 0 atom stereocenters. The van der Waals surface area contributed by atoms with E-state index in [1.54, 1.807) is 0 Å². The normalized spacial score (nSPS) is 12.6. The molecule has 0 aromatic heterocycles. The van der Waals surface area contributed by atoms with Gasteiger partial charge in [-0.05, 0) is 90.8 Å². The summed E-state index contributed by atoms with van der Waals surface area (Å²) in [5.74, 6) is 0. The number of anilines is 1. The largest absolute Gasteiger partial charge is 0.372 e. The molecule has 0 unspecified atom stereocenters. The molecule has 0 heterocycles. The fourth-order valence-electron chi connectivity index (χ4n) is 4.52. The second-order valence-corrected chi connectivity index (χ2v) is 8.49. The van der Waals surface area contributed by atoms with Gasteiger partial charge in [-0.3, -0.25) is 0 Å². The molecule has 0 radical (unpaired) electrons. The molecule has 4 rings (SSSR count). The summed E-state index contributed by atoms with van der Waals surface area (Å²) in [6.07, 6.45) is 2.14. The number of nitrogens with zero attached hydrogens (tertiary/aromatic N) is 2. The van der Waals surface area contributed by atoms with Crippen molar-refractivity contribution in [3.63, 3.8) is 0 Å². The van der Waals surface area contributed by atoms with Crippen LogP contribution in [0, 0.1) is 0 Å². The monoisotopic (exact) mass is 396 g/mol. The van der Waals surface area contributed by atoms with Crippen molar-refractivity contribution in [1.29, 1.82) is 0 Å². The van der Waals surface area contributed by atoms with Crippen LogP contribution in [-0.4, -0.2) is 38.6 Å². The van der Waals surface area contributed by atoms with Gasteiger partial charge in [0.2, 0.25) is 0 Å². The van der Waals surface area contributed by atoms with Gasteiger partial charge in [-0.1, -0.05) is 61.2 Å². The first kappa shape index (κ1) is 20.4. The number of benzene rings is 3. The lowest BCUT2D eigenvalue weighted by Gasteiger charge is -2.27. The molecule has 2 heteroatoms. The zero-order valence-electron chi connectivity index (χ0n) is 18.5. The lowest BCUT2D eigenvalue weighted by Crippen LogP contribution is -2.28. The fraction of sp³-hybridized carbons (Fsp3) is 0.286. The zero-order valence-corrected chi connectivity index (χ0v) is 18.5. The minimum absolute atomic E-state index is 0.966. The van der Waals surface area contributed by atoms with Gasteiger partial charge in [0, 0.05) is 18.8 Å². The third-order valence-electron chi connectivity index (χ3n) is 6.02. The van der Waals surface area contributed by atoms with Crippen molar-refractivity contribution in [3.05, 3.63) is 99.4 Å². The van der Waals surface area contributed by atoms with Gasteiger partial charge in [0.25, 0.3) is 0 Å². The predicted molar refractivity (Wildman–Crippen MR) is 130 cm³/mol. The first-order valence-electron chi connectivity index (χ1n) is 11.0. The summed E-state index contributed by atoms with van der Waals surface area (Å²) >= 11 is 0. The molecule has 1 aliphatic carbocycles. The van der Waals surface area contributed by atoms with Crippen LogP contribution in [0.25, 0.3) is 12.2 Å². The molecule has 1 aliphatic rings. The number of fused-ring (bicyclic) bond motifs is 2. The van der Waals surface area contributed by atoms with Crippen molar-refractivity contribution in [2.45, 2.75) is 19.8 Å². The molecule has 30 heavy (non-hydrogen) atoms. The van der Waals surface area contributed by atoms with Gasteiger partial charge in [0.05, 0.1) is 0 Å². The predicted octanol–water partition coefficient (Wildman–Crippen LogP) is 4.03. The standard InChI is InChI=1S/C28H32N2/c1-5-30(17-9-16-29(3)4)25-13-15-27-24(20-25)19-23-18-21(2)12-14-26(23)28(27)22-10-7-6-8-11-22/h6-8,10-15,18,20H,2,5,9,16-17,19H2,1,3-4H3. The van der Waals surface area contributed by atoms with Gasteiger partial charge in [0.15, 0.2) is 0 Å². The van der Waals surface area contributed by atoms with Crippen LogP contribution in [0.3, 0.4) is 0 Å². The Hall–Kier alpha value is -2.84. The molecule has 0 spiro atoms. The quantitative estimate of drug-likeness (QED) is 0.465. The summed E-state index contributed by atoms with van der Waals surface area (Å²) < 4.78 is 0. The van der Waals surface area contributed by atoms with Crippen LogP contribution in [0.5, 0.6) is 0 Å². The Morgan fingerprint density at radius 2 is 1.67 bits per heavy atom. The van der Waals surface area contributed by atoms with E-state index in [-0.39, 0.29) is 0 Å². The first-order chi connectivity index (χ1) is 14.6. The molecule has 0 saturated carbocycles. The summed E-state index contributed by atoms with van der Waals surface area (Å²) in [5, 5.41) is 2.42. The maximum absolute atomic E-state index is 4.17. The Balaban J connectivity index is 1.78. The van der Waals surface area contributed by atoms with Crippen molar-refractivity contribution < 1.29 is 0 Å². The van der Waals surface area contributed by atoms with Crippen LogP contribution in [0.15, 0.2) is 66.7 Å². The topological polar surface area (TPSA) is 6.48 Å². The van der Waals surface area contributed by atoms with E-state index in [2.05, 4.69) is 104 Å². The van der Waals surface area contributed by atoms with Crippen LogP contribution < -0.4 is 15.3 Å². The van der Waals surface area contributed by atoms with Crippen LogP contribution in [0.4, 0.5) is 5.69 Å². The average Bonchev–Trinajstić information content (AvgIpc) is 2.75. The Morgan fingerprint density at radius 1 is 0.867 bits per heavy atom. The molecule has 0 N–H and O–H groups in total. The number of rotatable bonds is 7. The molecule has 0 fully saturated rings. The van der Waals surface area contributed by atoms with Gasteiger partial charge in [0.1, 0.15) is 0 Å². The summed E-state index contributed by atoms with van der Waals surface area (Å²) in [5.41, 5.74) is 8.10. The Morgan fingerprint density at radius 3 is 2.40 bits per heavy atom. The highest BCUT2D eigenvalue weighted by atomic mass is 15.1. The third-order valence-corrected chi connectivity index (χ3v) is 6.02. The molecular formula is C28H32N2. The van der Waals surface area contributed by atoms with E-state index in [1.807, 2.05) is 0 Å². The van der Waals surface area contributed by atoms with E-state index in [1.165, 1.54) is 45.2 Å². The van der Waals surface area contributed by atoms with E-state index in [0.717, 1.165) is 31.3 Å². The molecule has 3 aromatic rings. The smallest absolute Gasteiger partial charge is 0.0369 e. The lowest BCUT2D eigenvalue weighted by molar-refractivity contribution is 0.400. The van der Waals surface area contributed by atoms with E-state index < -0.39 is 0 Å². The molecule has 0 bridgehead atoms. The highest BCUT2D eigenvalue weighted by Gasteiger charge is 2.19. The summed E-state index contributed by atoms with van der Waals surface area (Å²) in [4.78, 5) is 4.76. The molecule has 154 valence electrons. The van der Waals surface area contributed by atoms with Gasteiger partial charge < -0.3 is 9.80 Å². The van der Waals surface area contributed by atoms with E-state index >= 15 is 0 Å². The van der Waals surface area contributed by atoms with Gasteiger partial charge >= 0.3 is 0 Å². The Labute approximate surface area is 180 Å². The van der Waals surface area contributed by atoms with E-state index in [4.69, 9.17) is 0 Å². The molecule has 0 aliphatic heterocycles. The van der Waals surface area contributed by atoms with Crippen molar-refractivity contribution in [2.75, 3.05) is 38.6 Å². The van der Waals surface area contributed by atoms with Gasteiger partial charge in [-0.25, -0.2) is 0 Å². The summed E-state index contributed by atoms with van der Waals surface area (Å²) in [6.45, 7) is 9.65.